The van der Waals surface area contributed by atoms with E-state index in [1.807, 2.05) is 0 Å². The van der Waals surface area contributed by atoms with Crippen LogP contribution in [0.5, 0.6) is 0 Å². The van der Waals surface area contributed by atoms with Gasteiger partial charge in [0.15, 0.2) is 0 Å². The zero-order valence-corrected chi connectivity index (χ0v) is 11.8. The molecule has 1 N–H and O–H groups in total. The highest BCUT2D eigenvalue weighted by Crippen LogP contribution is 2.40. The smallest absolute Gasteiger partial charge is 0.0137 e. The van der Waals surface area contributed by atoms with Crippen LogP contribution in [-0.4, -0.2) is 12.6 Å². The van der Waals surface area contributed by atoms with Crippen LogP contribution in [0.1, 0.15) is 59.3 Å². The fourth-order valence-electron chi connectivity index (χ4n) is 2.96. The van der Waals surface area contributed by atoms with Crippen molar-refractivity contribution in [1.82, 2.24) is 5.32 Å². The van der Waals surface area contributed by atoms with E-state index in [2.05, 4.69) is 38.2 Å². The molecule has 0 spiro atoms. The Morgan fingerprint density at radius 3 is 2.18 bits per heavy atom. The Balaban J connectivity index is 1.64. The Labute approximate surface area is 107 Å². The molecule has 0 aromatic heterocycles. The van der Waals surface area contributed by atoms with Gasteiger partial charge in [0.05, 0.1) is 0 Å². The van der Waals surface area contributed by atoms with Crippen LogP contribution in [0.3, 0.4) is 0 Å². The summed E-state index contributed by atoms with van der Waals surface area (Å²) in [4.78, 5) is 0. The third-order valence-electron chi connectivity index (χ3n) is 4.51. The molecule has 1 heteroatoms. The van der Waals surface area contributed by atoms with Crippen molar-refractivity contribution in [2.24, 2.45) is 17.3 Å². The monoisotopic (exact) mass is 235 g/mol. The SMILES string of the molecule is CC(C)(C)C1CCC(/C=C/CNC2CC2)CC1. The number of hydrogen-bond donors (Lipinski definition) is 1. The molecule has 2 fully saturated rings. The zero-order chi connectivity index (χ0) is 12.3. The lowest BCUT2D eigenvalue weighted by Gasteiger charge is -2.36. The lowest BCUT2D eigenvalue weighted by Crippen LogP contribution is -2.25. The molecule has 0 aromatic carbocycles. The lowest BCUT2D eigenvalue weighted by molar-refractivity contribution is 0.163. The Morgan fingerprint density at radius 1 is 1.00 bits per heavy atom. The van der Waals surface area contributed by atoms with Gasteiger partial charge in [0, 0.05) is 12.6 Å². The van der Waals surface area contributed by atoms with Crippen LogP contribution in [0.4, 0.5) is 0 Å². The first-order chi connectivity index (χ1) is 8.05. The molecule has 0 heterocycles. The van der Waals surface area contributed by atoms with Crippen molar-refractivity contribution in [3.05, 3.63) is 12.2 Å². The third kappa shape index (κ3) is 4.46. The van der Waals surface area contributed by atoms with Gasteiger partial charge in [-0.25, -0.2) is 0 Å². The maximum Gasteiger partial charge on any atom is 0.0137 e. The summed E-state index contributed by atoms with van der Waals surface area (Å²) in [5.74, 6) is 1.80. The summed E-state index contributed by atoms with van der Waals surface area (Å²) < 4.78 is 0. The van der Waals surface area contributed by atoms with E-state index < -0.39 is 0 Å². The van der Waals surface area contributed by atoms with Crippen molar-refractivity contribution < 1.29 is 0 Å². The van der Waals surface area contributed by atoms with Gasteiger partial charge in [-0.15, -0.1) is 0 Å². The Morgan fingerprint density at radius 2 is 1.65 bits per heavy atom. The van der Waals surface area contributed by atoms with Crippen LogP contribution in [0.2, 0.25) is 0 Å². The minimum Gasteiger partial charge on any atom is -0.311 e. The topological polar surface area (TPSA) is 12.0 Å². The van der Waals surface area contributed by atoms with Gasteiger partial charge in [0.2, 0.25) is 0 Å². The van der Waals surface area contributed by atoms with Crippen molar-refractivity contribution in [1.29, 1.82) is 0 Å². The molecule has 2 saturated carbocycles. The summed E-state index contributed by atoms with van der Waals surface area (Å²) in [5.41, 5.74) is 0.516. The van der Waals surface area contributed by atoms with Gasteiger partial charge in [-0.05, 0) is 55.8 Å². The second-order valence-corrected chi connectivity index (χ2v) is 7.09. The van der Waals surface area contributed by atoms with E-state index in [-0.39, 0.29) is 0 Å². The number of nitrogens with one attached hydrogen (secondary N) is 1. The molecule has 2 rings (SSSR count). The molecule has 0 aliphatic heterocycles. The van der Waals surface area contributed by atoms with E-state index in [1.165, 1.54) is 38.5 Å². The van der Waals surface area contributed by atoms with Crippen LogP contribution >= 0.6 is 0 Å². The molecule has 0 radical (unpaired) electrons. The highest BCUT2D eigenvalue weighted by molar-refractivity contribution is 4.95. The Bertz CT molecular complexity index is 249. The first-order valence-electron chi connectivity index (χ1n) is 7.46. The first-order valence-corrected chi connectivity index (χ1v) is 7.46. The van der Waals surface area contributed by atoms with Crippen LogP contribution in [-0.2, 0) is 0 Å². The second kappa shape index (κ2) is 5.56. The number of hydrogen-bond acceptors (Lipinski definition) is 1. The summed E-state index contributed by atoms with van der Waals surface area (Å²) >= 11 is 0. The maximum absolute atomic E-state index is 3.54. The molecule has 0 atom stereocenters. The molecule has 17 heavy (non-hydrogen) atoms. The summed E-state index contributed by atoms with van der Waals surface area (Å²) in [7, 11) is 0. The number of rotatable bonds is 4. The van der Waals surface area contributed by atoms with E-state index in [4.69, 9.17) is 0 Å². The minimum atomic E-state index is 0.516. The largest absolute Gasteiger partial charge is 0.311 e. The molecule has 1 nitrogen and oxygen atoms in total. The number of allylic oxidation sites excluding steroid dienone is 1. The molecule has 0 unspecified atom stereocenters. The van der Waals surface area contributed by atoms with Crippen molar-refractivity contribution in [3.63, 3.8) is 0 Å². The van der Waals surface area contributed by atoms with Crippen LogP contribution in [0.15, 0.2) is 12.2 Å². The average molecular weight is 235 g/mol. The first kappa shape index (κ1) is 13.1. The molecule has 0 amide bonds. The summed E-state index contributed by atoms with van der Waals surface area (Å²) in [6.07, 6.45) is 13.3. The van der Waals surface area contributed by atoms with Crippen LogP contribution in [0.25, 0.3) is 0 Å². The zero-order valence-electron chi connectivity index (χ0n) is 11.8. The molecule has 0 bridgehead atoms. The fraction of sp³-hybridized carbons (Fsp3) is 0.875. The van der Waals surface area contributed by atoms with Crippen molar-refractivity contribution >= 4 is 0 Å². The van der Waals surface area contributed by atoms with Gasteiger partial charge in [-0.3, -0.25) is 0 Å². The quantitative estimate of drug-likeness (QED) is 0.722. The van der Waals surface area contributed by atoms with E-state index in [0.29, 0.717) is 5.41 Å². The van der Waals surface area contributed by atoms with Gasteiger partial charge in [0.25, 0.3) is 0 Å². The van der Waals surface area contributed by atoms with E-state index in [0.717, 1.165) is 24.4 Å². The summed E-state index contributed by atoms with van der Waals surface area (Å²) in [6, 6.07) is 0.844. The highest BCUT2D eigenvalue weighted by Gasteiger charge is 2.28. The molecule has 0 saturated heterocycles. The molecule has 2 aliphatic rings. The average Bonchev–Trinajstić information content (AvgIpc) is 3.08. The van der Waals surface area contributed by atoms with Gasteiger partial charge in [-0.1, -0.05) is 32.9 Å². The Kier molecular flexibility index (Phi) is 4.30. The molecule has 0 aromatic rings. The standard InChI is InChI=1S/C16H29N/c1-16(2,3)14-8-6-13(7-9-14)5-4-12-17-15-10-11-15/h4-5,13-15,17H,6-12H2,1-3H3/b5-4+. The predicted molar refractivity (Wildman–Crippen MR) is 75.1 cm³/mol. The van der Waals surface area contributed by atoms with Crippen molar-refractivity contribution in [2.45, 2.75) is 65.3 Å². The molecular weight excluding hydrogens is 206 g/mol. The normalized spacial score (nSPS) is 31.0. The van der Waals surface area contributed by atoms with Crippen molar-refractivity contribution in [3.8, 4) is 0 Å². The molecular formula is C16H29N. The summed E-state index contributed by atoms with van der Waals surface area (Å²) in [5, 5.41) is 3.54. The van der Waals surface area contributed by atoms with Gasteiger partial charge < -0.3 is 5.32 Å². The van der Waals surface area contributed by atoms with Gasteiger partial charge >= 0.3 is 0 Å². The van der Waals surface area contributed by atoms with E-state index in [1.54, 1.807) is 0 Å². The fourth-order valence-corrected chi connectivity index (χ4v) is 2.96. The minimum absolute atomic E-state index is 0.516. The predicted octanol–water partition coefficient (Wildman–Crippen LogP) is 4.15. The second-order valence-electron chi connectivity index (χ2n) is 7.09. The van der Waals surface area contributed by atoms with E-state index in [9.17, 15) is 0 Å². The van der Waals surface area contributed by atoms with Gasteiger partial charge in [0.1, 0.15) is 0 Å². The van der Waals surface area contributed by atoms with Crippen LogP contribution < -0.4 is 5.32 Å². The Hall–Kier alpha value is -0.300. The highest BCUT2D eigenvalue weighted by atomic mass is 14.9. The van der Waals surface area contributed by atoms with E-state index >= 15 is 0 Å². The van der Waals surface area contributed by atoms with Gasteiger partial charge in [-0.2, -0.15) is 0 Å². The molecule has 98 valence electrons. The summed E-state index contributed by atoms with van der Waals surface area (Å²) in [6.45, 7) is 8.28. The van der Waals surface area contributed by atoms with Crippen molar-refractivity contribution in [2.75, 3.05) is 6.54 Å². The van der Waals surface area contributed by atoms with Crippen LogP contribution in [0, 0.1) is 17.3 Å². The molecule has 2 aliphatic carbocycles. The third-order valence-corrected chi connectivity index (χ3v) is 4.51. The lowest BCUT2D eigenvalue weighted by atomic mass is 9.70. The maximum atomic E-state index is 3.54.